The predicted molar refractivity (Wildman–Crippen MR) is 82.0 cm³/mol. The van der Waals surface area contributed by atoms with Crippen LogP contribution >= 0.6 is 11.3 Å². The molecular formula is C13H13N7O2S. The van der Waals surface area contributed by atoms with Gasteiger partial charge in [0.05, 0.1) is 18.7 Å². The number of hydrogen-bond donors (Lipinski definition) is 2. The highest BCUT2D eigenvalue weighted by Gasteiger charge is 2.10. The molecule has 0 unspecified atom stereocenters. The lowest BCUT2D eigenvalue weighted by Gasteiger charge is -2.00. The molecule has 2 N–H and O–H groups in total. The van der Waals surface area contributed by atoms with Crippen LogP contribution in [0.15, 0.2) is 28.4 Å². The Balaban J connectivity index is 1.51. The van der Waals surface area contributed by atoms with E-state index in [0.29, 0.717) is 28.5 Å². The highest BCUT2D eigenvalue weighted by Crippen LogP contribution is 2.18. The van der Waals surface area contributed by atoms with Crippen LogP contribution in [0.1, 0.15) is 17.4 Å². The molecule has 0 radical (unpaired) electrons. The summed E-state index contributed by atoms with van der Waals surface area (Å²) in [6.07, 6.45) is 3.44. The molecule has 3 heterocycles. The lowest BCUT2D eigenvalue weighted by Crippen LogP contribution is -2.24. The number of hydrogen-bond acceptors (Lipinski definition) is 9. The maximum absolute atomic E-state index is 11.9. The summed E-state index contributed by atoms with van der Waals surface area (Å²) >= 11 is 1.38. The zero-order chi connectivity index (χ0) is 16.1. The van der Waals surface area contributed by atoms with Crippen molar-refractivity contribution in [2.24, 2.45) is 0 Å². The van der Waals surface area contributed by atoms with E-state index in [2.05, 4.69) is 35.7 Å². The summed E-state index contributed by atoms with van der Waals surface area (Å²) < 4.78 is 4.92. The summed E-state index contributed by atoms with van der Waals surface area (Å²) in [7, 11) is 0. The van der Waals surface area contributed by atoms with Crippen molar-refractivity contribution in [2.45, 2.75) is 19.9 Å². The minimum atomic E-state index is -0.173. The molecule has 0 aliphatic carbocycles. The third kappa shape index (κ3) is 4.30. The Bertz CT molecular complexity index is 786. The van der Waals surface area contributed by atoms with Crippen LogP contribution in [0.3, 0.4) is 0 Å². The average Bonchev–Trinajstić information content (AvgIpc) is 3.15. The maximum Gasteiger partial charge on any atom is 0.246 e. The van der Waals surface area contributed by atoms with Crippen LogP contribution in [0.4, 0.5) is 11.1 Å². The van der Waals surface area contributed by atoms with Crippen molar-refractivity contribution in [2.75, 3.05) is 5.32 Å². The number of aromatic nitrogens is 5. The lowest BCUT2D eigenvalue weighted by molar-refractivity contribution is -0.120. The number of amides is 1. The van der Waals surface area contributed by atoms with Gasteiger partial charge in [-0.1, -0.05) is 5.16 Å². The number of anilines is 2. The first-order valence-electron chi connectivity index (χ1n) is 6.73. The van der Waals surface area contributed by atoms with Gasteiger partial charge in [-0.05, 0) is 13.0 Å². The van der Waals surface area contributed by atoms with Crippen molar-refractivity contribution in [3.63, 3.8) is 0 Å². The van der Waals surface area contributed by atoms with Gasteiger partial charge in [0.15, 0.2) is 11.0 Å². The highest BCUT2D eigenvalue weighted by molar-refractivity contribution is 7.13. The molecule has 0 aromatic carbocycles. The third-order valence-corrected chi connectivity index (χ3v) is 3.49. The number of nitrogens with one attached hydrogen (secondary N) is 2. The van der Waals surface area contributed by atoms with Crippen molar-refractivity contribution in [1.82, 2.24) is 30.4 Å². The van der Waals surface area contributed by atoms with Crippen molar-refractivity contribution >= 4 is 28.3 Å². The number of carbonyl (C=O) groups is 1. The summed E-state index contributed by atoms with van der Waals surface area (Å²) in [5, 5.41) is 11.8. The second-order valence-corrected chi connectivity index (χ2v) is 5.39. The molecule has 0 bridgehead atoms. The Labute approximate surface area is 135 Å². The van der Waals surface area contributed by atoms with E-state index in [-0.39, 0.29) is 18.9 Å². The quantitative estimate of drug-likeness (QED) is 0.692. The normalized spacial score (nSPS) is 10.5. The van der Waals surface area contributed by atoms with Gasteiger partial charge in [0.25, 0.3) is 0 Å². The van der Waals surface area contributed by atoms with Crippen LogP contribution in [0.2, 0.25) is 0 Å². The molecule has 0 saturated carbocycles. The number of thiazole rings is 1. The molecule has 1 amide bonds. The van der Waals surface area contributed by atoms with E-state index in [4.69, 9.17) is 4.52 Å². The Morgan fingerprint density at radius 2 is 2.13 bits per heavy atom. The fourth-order valence-electron chi connectivity index (χ4n) is 1.72. The molecule has 0 aliphatic heterocycles. The molecule has 0 spiro atoms. The maximum atomic E-state index is 11.9. The van der Waals surface area contributed by atoms with Crippen molar-refractivity contribution in [3.8, 4) is 0 Å². The molecule has 118 valence electrons. The lowest BCUT2D eigenvalue weighted by atomic mass is 10.3. The molecule has 10 heteroatoms. The smallest absolute Gasteiger partial charge is 0.246 e. The third-order valence-electron chi connectivity index (χ3n) is 2.68. The van der Waals surface area contributed by atoms with Gasteiger partial charge in [0.1, 0.15) is 0 Å². The minimum Gasteiger partial charge on any atom is -0.347 e. The monoisotopic (exact) mass is 331 g/mol. The highest BCUT2D eigenvalue weighted by atomic mass is 32.1. The summed E-state index contributed by atoms with van der Waals surface area (Å²) in [5.74, 6) is 1.20. The average molecular weight is 331 g/mol. The van der Waals surface area contributed by atoms with Crippen LogP contribution in [0.5, 0.6) is 0 Å². The van der Waals surface area contributed by atoms with Crippen LogP contribution < -0.4 is 10.6 Å². The van der Waals surface area contributed by atoms with Gasteiger partial charge in [-0.2, -0.15) is 4.98 Å². The number of rotatable bonds is 6. The Hall–Kier alpha value is -2.88. The Morgan fingerprint density at radius 1 is 1.30 bits per heavy atom. The first-order valence-corrected chi connectivity index (χ1v) is 7.61. The largest absolute Gasteiger partial charge is 0.347 e. The molecule has 3 rings (SSSR count). The molecule has 23 heavy (non-hydrogen) atoms. The SMILES string of the molecule is Cc1noc(CNC(=O)Cc2csc(Nc3ncccn3)n2)n1. The van der Waals surface area contributed by atoms with E-state index in [1.807, 2.05) is 5.38 Å². The van der Waals surface area contributed by atoms with Crippen molar-refractivity contribution in [3.05, 3.63) is 41.2 Å². The molecule has 0 atom stereocenters. The molecular weight excluding hydrogens is 318 g/mol. The van der Waals surface area contributed by atoms with E-state index in [1.165, 1.54) is 11.3 Å². The zero-order valence-electron chi connectivity index (χ0n) is 12.2. The van der Waals surface area contributed by atoms with E-state index >= 15 is 0 Å². The Kier molecular flexibility index (Phi) is 4.52. The molecule has 0 aliphatic rings. The molecule has 9 nitrogen and oxygen atoms in total. The van der Waals surface area contributed by atoms with E-state index in [0.717, 1.165) is 0 Å². The molecule has 3 aromatic rings. The second kappa shape index (κ2) is 6.92. The van der Waals surface area contributed by atoms with Crippen LogP contribution in [-0.2, 0) is 17.8 Å². The van der Waals surface area contributed by atoms with Crippen LogP contribution in [0, 0.1) is 6.92 Å². The minimum absolute atomic E-state index is 0.168. The van der Waals surface area contributed by atoms with Gasteiger partial charge in [-0.3, -0.25) is 4.79 Å². The van der Waals surface area contributed by atoms with Gasteiger partial charge < -0.3 is 15.2 Å². The van der Waals surface area contributed by atoms with Gasteiger partial charge >= 0.3 is 0 Å². The van der Waals surface area contributed by atoms with E-state index in [9.17, 15) is 4.79 Å². The number of aryl methyl sites for hydroxylation is 1. The fraction of sp³-hybridized carbons (Fsp3) is 0.231. The van der Waals surface area contributed by atoms with Gasteiger partial charge in [-0.25, -0.2) is 15.0 Å². The summed E-state index contributed by atoms with van der Waals surface area (Å²) in [5.41, 5.74) is 0.660. The summed E-state index contributed by atoms with van der Waals surface area (Å²) in [6.45, 7) is 1.92. The van der Waals surface area contributed by atoms with Crippen LogP contribution in [-0.4, -0.2) is 31.0 Å². The molecule has 0 saturated heterocycles. The van der Waals surface area contributed by atoms with Crippen molar-refractivity contribution < 1.29 is 9.32 Å². The standard InChI is InChI=1S/C13H13N7O2S/c1-8-17-11(22-20-8)6-16-10(21)5-9-7-23-13(18-9)19-12-14-3-2-4-15-12/h2-4,7H,5-6H2,1H3,(H,16,21)(H,14,15,18,19). The number of carbonyl (C=O) groups excluding carboxylic acids is 1. The summed E-state index contributed by atoms with van der Waals surface area (Å²) in [4.78, 5) is 28.3. The zero-order valence-corrected chi connectivity index (χ0v) is 13.0. The summed E-state index contributed by atoms with van der Waals surface area (Å²) in [6, 6.07) is 1.73. The molecule has 0 fully saturated rings. The first-order chi connectivity index (χ1) is 11.2. The topological polar surface area (TPSA) is 119 Å². The Morgan fingerprint density at radius 3 is 2.87 bits per heavy atom. The predicted octanol–water partition coefficient (Wildman–Crippen LogP) is 1.23. The first kappa shape index (κ1) is 15.0. The van der Waals surface area contributed by atoms with Crippen LogP contribution in [0.25, 0.3) is 0 Å². The van der Waals surface area contributed by atoms with E-state index in [1.54, 1.807) is 25.4 Å². The van der Waals surface area contributed by atoms with Gasteiger partial charge in [0.2, 0.25) is 17.7 Å². The second-order valence-electron chi connectivity index (χ2n) is 4.53. The number of nitrogens with zero attached hydrogens (tertiary/aromatic N) is 5. The van der Waals surface area contributed by atoms with Gasteiger partial charge in [0, 0.05) is 17.8 Å². The van der Waals surface area contributed by atoms with Gasteiger partial charge in [-0.15, -0.1) is 11.3 Å². The van der Waals surface area contributed by atoms with Crippen molar-refractivity contribution in [1.29, 1.82) is 0 Å². The fourth-order valence-corrected chi connectivity index (χ4v) is 2.42. The van der Waals surface area contributed by atoms with E-state index < -0.39 is 0 Å². The molecule has 3 aromatic heterocycles.